The molecule has 0 radical (unpaired) electrons. The van der Waals surface area contributed by atoms with Gasteiger partial charge in [-0.1, -0.05) is 11.2 Å². The van der Waals surface area contributed by atoms with E-state index in [1.807, 2.05) is 18.2 Å². The van der Waals surface area contributed by atoms with Crippen LogP contribution in [-0.4, -0.2) is 43.9 Å². The predicted octanol–water partition coefficient (Wildman–Crippen LogP) is 5.55. The van der Waals surface area contributed by atoms with Crippen molar-refractivity contribution < 1.29 is 31.8 Å². The van der Waals surface area contributed by atoms with E-state index >= 15 is 0 Å². The van der Waals surface area contributed by atoms with Crippen LogP contribution in [0.5, 0.6) is 0 Å². The number of carbonyl (C=O) groups is 2. The summed E-state index contributed by atoms with van der Waals surface area (Å²) in [5.41, 5.74) is 2.49. The van der Waals surface area contributed by atoms with Gasteiger partial charge in [-0.3, -0.25) is 9.59 Å². The zero-order valence-corrected chi connectivity index (χ0v) is 22.6. The number of amides is 2. The van der Waals surface area contributed by atoms with Crippen LogP contribution in [0.1, 0.15) is 97.4 Å². The third-order valence-electron chi connectivity index (χ3n) is 8.62. The van der Waals surface area contributed by atoms with E-state index in [-0.39, 0.29) is 80.3 Å². The van der Waals surface area contributed by atoms with Crippen LogP contribution in [0.25, 0.3) is 11.0 Å². The minimum Gasteiger partial charge on any atom is -0.349 e. The van der Waals surface area contributed by atoms with Gasteiger partial charge >= 0.3 is 0 Å². The van der Waals surface area contributed by atoms with E-state index in [4.69, 9.17) is 4.98 Å². The second kappa shape index (κ2) is 10.4. The third kappa shape index (κ3) is 6.08. The summed E-state index contributed by atoms with van der Waals surface area (Å²) in [6.45, 7) is 1.58. The van der Waals surface area contributed by atoms with Gasteiger partial charge in [-0.05, 0) is 73.2 Å². The molecule has 0 aliphatic heterocycles. The first-order valence-corrected chi connectivity index (χ1v) is 14.1. The molecule has 1 aromatic carbocycles. The molecule has 2 atom stereocenters. The van der Waals surface area contributed by atoms with E-state index in [1.165, 1.54) is 0 Å². The molecule has 0 bridgehead atoms. The van der Waals surface area contributed by atoms with Crippen molar-refractivity contribution in [2.75, 3.05) is 0 Å². The van der Waals surface area contributed by atoms with Crippen molar-refractivity contribution in [1.29, 1.82) is 0 Å². The lowest BCUT2D eigenvalue weighted by Crippen LogP contribution is -2.39. The molecule has 1 unspecified atom stereocenters. The number of fused-ring (bicyclic) bond motifs is 1. The predicted molar refractivity (Wildman–Crippen MR) is 138 cm³/mol. The lowest BCUT2D eigenvalue weighted by molar-refractivity contribution is -0.134. The lowest BCUT2D eigenvalue weighted by Gasteiger charge is -2.34. The van der Waals surface area contributed by atoms with Crippen molar-refractivity contribution in [2.45, 2.75) is 88.6 Å². The molecule has 3 saturated carbocycles. The van der Waals surface area contributed by atoms with Gasteiger partial charge in [-0.25, -0.2) is 27.2 Å². The Morgan fingerprint density at radius 3 is 2.34 bits per heavy atom. The van der Waals surface area contributed by atoms with E-state index in [2.05, 4.69) is 30.6 Å². The van der Waals surface area contributed by atoms with E-state index in [9.17, 15) is 27.2 Å². The molecular formula is C28H32F4N6O3. The quantitative estimate of drug-likeness (QED) is 0.287. The minimum absolute atomic E-state index is 0.0168. The lowest BCUT2D eigenvalue weighted by atomic mass is 9.79. The fourth-order valence-corrected chi connectivity index (χ4v) is 6.17. The van der Waals surface area contributed by atoms with Crippen LogP contribution in [0, 0.1) is 24.7 Å². The molecular weight excluding hydrogens is 544 g/mol. The number of aromatic amines is 1. The summed E-state index contributed by atoms with van der Waals surface area (Å²) in [4.78, 5) is 33.7. The maximum atomic E-state index is 14.0. The number of hydrogen-bond donors (Lipinski definition) is 3. The molecule has 2 heterocycles. The van der Waals surface area contributed by atoms with Gasteiger partial charge in [0.15, 0.2) is 5.69 Å². The average molecular weight is 577 g/mol. The maximum absolute atomic E-state index is 14.0. The van der Waals surface area contributed by atoms with Crippen LogP contribution < -0.4 is 10.6 Å². The normalized spacial score (nSPS) is 22.2. The Morgan fingerprint density at radius 1 is 1.00 bits per heavy atom. The monoisotopic (exact) mass is 576 g/mol. The molecule has 2 amide bonds. The van der Waals surface area contributed by atoms with Gasteiger partial charge < -0.3 is 15.6 Å². The first-order chi connectivity index (χ1) is 19.5. The fourth-order valence-electron chi connectivity index (χ4n) is 6.17. The molecule has 3 N–H and O–H groups in total. The maximum Gasteiger partial charge on any atom is 0.276 e. The summed E-state index contributed by atoms with van der Waals surface area (Å²) < 4.78 is 59.0. The SMILES string of the molecule is Cc1nonc1C(=O)N[C@H](c1nc2ccc(C(NC(=O)CC3CC(F)(F)C3)C3CC3)cc2[nH]1)C1CCC(F)(F)CC1. The second-order valence-corrected chi connectivity index (χ2v) is 12.0. The van der Waals surface area contributed by atoms with Crippen molar-refractivity contribution in [3.8, 4) is 0 Å². The molecule has 2 aromatic heterocycles. The van der Waals surface area contributed by atoms with Crippen LogP contribution in [0.15, 0.2) is 22.8 Å². The number of hydrogen-bond acceptors (Lipinski definition) is 6. The van der Waals surface area contributed by atoms with E-state index in [1.54, 1.807) is 6.92 Å². The highest BCUT2D eigenvalue weighted by Crippen LogP contribution is 2.45. The van der Waals surface area contributed by atoms with Crippen LogP contribution in [0.4, 0.5) is 17.6 Å². The van der Waals surface area contributed by atoms with Gasteiger partial charge in [0.25, 0.3) is 5.91 Å². The number of imidazole rings is 1. The van der Waals surface area contributed by atoms with Crippen LogP contribution in [0.2, 0.25) is 0 Å². The highest BCUT2D eigenvalue weighted by Gasteiger charge is 2.46. The number of H-pyrrole nitrogens is 1. The van der Waals surface area contributed by atoms with Crippen molar-refractivity contribution in [2.24, 2.45) is 17.8 Å². The van der Waals surface area contributed by atoms with Gasteiger partial charge in [0, 0.05) is 32.1 Å². The number of benzene rings is 1. The molecule has 0 spiro atoms. The van der Waals surface area contributed by atoms with E-state index < -0.39 is 23.8 Å². The van der Waals surface area contributed by atoms with Crippen LogP contribution in [0.3, 0.4) is 0 Å². The summed E-state index contributed by atoms with van der Waals surface area (Å²) in [7, 11) is 0. The molecule has 3 fully saturated rings. The number of carbonyl (C=O) groups excluding carboxylic acids is 2. The van der Waals surface area contributed by atoms with Crippen LogP contribution in [-0.2, 0) is 4.79 Å². The molecule has 220 valence electrons. The highest BCUT2D eigenvalue weighted by atomic mass is 19.3. The summed E-state index contributed by atoms with van der Waals surface area (Å²) in [6.07, 6.45) is 1.35. The third-order valence-corrected chi connectivity index (χ3v) is 8.62. The highest BCUT2D eigenvalue weighted by molar-refractivity contribution is 5.93. The number of aromatic nitrogens is 4. The summed E-state index contributed by atoms with van der Waals surface area (Å²) in [5, 5.41) is 13.3. The van der Waals surface area contributed by atoms with Gasteiger partial charge in [-0.2, -0.15) is 0 Å². The molecule has 41 heavy (non-hydrogen) atoms. The Balaban J connectivity index is 1.23. The zero-order valence-electron chi connectivity index (χ0n) is 22.6. The summed E-state index contributed by atoms with van der Waals surface area (Å²) in [5.74, 6) is -6.05. The Hall–Kier alpha value is -3.51. The van der Waals surface area contributed by atoms with Crippen LogP contribution >= 0.6 is 0 Å². The average Bonchev–Trinajstić information content (AvgIpc) is 3.50. The zero-order chi connectivity index (χ0) is 28.9. The number of nitrogens with zero attached hydrogens (tertiary/aromatic N) is 3. The Morgan fingerprint density at radius 2 is 1.71 bits per heavy atom. The Kier molecular flexibility index (Phi) is 7.01. The molecule has 6 rings (SSSR count). The van der Waals surface area contributed by atoms with Crippen molar-refractivity contribution in [3.05, 3.63) is 41.0 Å². The minimum atomic E-state index is -2.73. The van der Waals surface area contributed by atoms with E-state index in [0.717, 1.165) is 18.4 Å². The van der Waals surface area contributed by atoms with Gasteiger partial charge in [0.1, 0.15) is 11.5 Å². The fraction of sp³-hybridized carbons (Fsp3) is 0.607. The standard InChI is InChI=1S/C28H32F4N6O3/c1-14-22(38-41-37-14)26(40)36-24(17-6-8-27(29,30)9-7-17)25-33-19-5-4-18(11-20(19)34-25)23(16-2-3-16)35-21(39)10-15-12-28(31,32)13-15/h4-5,11,15-17,23-24H,2-3,6-10,12-13H2,1H3,(H,33,34)(H,35,39)(H,36,40)/t23?,24-/m0/s1. The van der Waals surface area contributed by atoms with Crippen molar-refractivity contribution >= 4 is 22.8 Å². The summed E-state index contributed by atoms with van der Waals surface area (Å²) >= 11 is 0. The van der Waals surface area contributed by atoms with Crippen molar-refractivity contribution in [1.82, 2.24) is 30.9 Å². The number of aryl methyl sites for hydroxylation is 1. The van der Waals surface area contributed by atoms with Crippen molar-refractivity contribution in [3.63, 3.8) is 0 Å². The molecule has 9 nitrogen and oxygen atoms in total. The van der Waals surface area contributed by atoms with Gasteiger partial charge in [0.2, 0.25) is 17.8 Å². The Labute approximate surface area is 233 Å². The molecule has 3 aromatic rings. The summed E-state index contributed by atoms with van der Waals surface area (Å²) in [6, 6.07) is 4.67. The smallest absolute Gasteiger partial charge is 0.276 e. The van der Waals surface area contributed by atoms with E-state index in [0.29, 0.717) is 22.6 Å². The number of alkyl halides is 4. The number of nitrogens with one attached hydrogen (secondary N) is 3. The first-order valence-electron chi connectivity index (χ1n) is 14.1. The Bertz CT molecular complexity index is 1430. The number of halogens is 4. The molecule has 0 saturated heterocycles. The topological polar surface area (TPSA) is 126 Å². The molecule has 3 aliphatic carbocycles. The van der Waals surface area contributed by atoms with Gasteiger partial charge in [0.05, 0.1) is 23.1 Å². The largest absolute Gasteiger partial charge is 0.349 e. The molecule has 3 aliphatic rings. The second-order valence-electron chi connectivity index (χ2n) is 12.0. The number of rotatable bonds is 9. The first kappa shape index (κ1) is 27.6. The van der Waals surface area contributed by atoms with Gasteiger partial charge in [-0.15, -0.1) is 0 Å². The molecule has 13 heteroatoms.